The Balaban J connectivity index is 1.23. The summed E-state index contributed by atoms with van der Waals surface area (Å²) in [5.41, 5.74) is 4.69. The molecule has 0 spiro atoms. The van der Waals surface area contributed by atoms with Crippen LogP contribution in [0.4, 0.5) is 17.5 Å². The van der Waals surface area contributed by atoms with Crippen molar-refractivity contribution in [2.75, 3.05) is 17.2 Å². The number of nitrogens with one attached hydrogen (secondary N) is 3. The van der Waals surface area contributed by atoms with Crippen molar-refractivity contribution in [2.45, 2.75) is 57.6 Å². The summed E-state index contributed by atoms with van der Waals surface area (Å²) in [5, 5.41) is 16.7. The number of H-pyrrole nitrogens is 1. The fraction of sp³-hybridized carbons (Fsp3) is 0.370. The van der Waals surface area contributed by atoms with Crippen molar-refractivity contribution in [3.8, 4) is 5.75 Å². The highest BCUT2D eigenvalue weighted by atomic mass is 16.5. The summed E-state index contributed by atoms with van der Waals surface area (Å²) in [5.74, 6) is 2.07. The maximum atomic E-state index is 9.80. The first-order valence-electron chi connectivity index (χ1n) is 12.3. The Bertz CT molecular complexity index is 1250. The van der Waals surface area contributed by atoms with Gasteiger partial charge in [-0.05, 0) is 74.8 Å². The molecule has 0 radical (unpaired) electrons. The van der Waals surface area contributed by atoms with Gasteiger partial charge in [-0.1, -0.05) is 30.3 Å². The molecule has 4 N–H and O–H groups in total. The molecule has 182 valence electrons. The van der Waals surface area contributed by atoms with Gasteiger partial charge in [0.05, 0.1) is 19.0 Å². The number of aromatic nitrogens is 4. The van der Waals surface area contributed by atoms with Gasteiger partial charge in [-0.25, -0.2) is 4.98 Å². The zero-order valence-electron chi connectivity index (χ0n) is 20.0. The molecule has 2 aromatic heterocycles. The van der Waals surface area contributed by atoms with Gasteiger partial charge in [0.1, 0.15) is 11.3 Å². The molecule has 8 heteroatoms. The van der Waals surface area contributed by atoms with Gasteiger partial charge < -0.3 is 25.5 Å². The largest absolute Gasteiger partial charge is 0.494 e. The summed E-state index contributed by atoms with van der Waals surface area (Å²) < 4.78 is 5.97. The number of benzene rings is 2. The minimum Gasteiger partial charge on any atom is -0.494 e. The Morgan fingerprint density at radius 3 is 2.69 bits per heavy atom. The van der Waals surface area contributed by atoms with E-state index in [0.717, 1.165) is 66.9 Å². The predicted molar refractivity (Wildman–Crippen MR) is 138 cm³/mol. The quantitative estimate of drug-likeness (QED) is 0.250. The molecule has 1 fully saturated rings. The van der Waals surface area contributed by atoms with Gasteiger partial charge >= 0.3 is 0 Å². The molecule has 0 amide bonds. The van der Waals surface area contributed by atoms with Crippen LogP contribution < -0.4 is 15.4 Å². The topological polar surface area (TPSA) is 108 Å². The van der Waals surface area contributed by atoms with Gasteiger partial charge in [-0.3, -0.25) is 0 Å². The van der Waals surface area contributed by atoms with Crippen molar-refractivity contribution in [3.05, 3.63) is 66.0 Å². The van der Waals surface area contributed by atoms with Gasteiger partial charge in [0.2, 0.25) is 5.95 Å². The second-order valence-corrected chi connectivity index (χ2v) is 9.19. The van der Waals surface area contributed by atoms with E-state index in [4.69, 9.17) is 9.72 Å². The molecule has 0 unspecified atom stereocenters. The van der Waals surface area contributed by atoms with Crippen LogP contribution >= 0.6 is 0 Å². The number of aliphatic hydroxyl groups excluding tert-OH is 1. The fourth-order valence-corrected chi connectivity index (χ4v) is 4.50. The summed E-state index contributed by atoms with van der Waals surface area (Å²) in [6.45, 7) is 2.71. The van der Waals surface area contributed by atoms with Crippen LogP contribution in [0.25, 0.3) is 11.2 Å². The Morgan fingerprint density at radius 1 is 1.06 bits per heavy atom. The number of aliphatic hydroxyl groups is 1. The van der Waals surface area contributed by atoms with Gasteiger partial charge in [0.15, 0.2) is 11.5 Å². The van der Waals surface area contributed by atoms with Crippen LogP contribution in [0, 0.1) is 6.92 Å². The van der Waals surface area contributed by atoms with E-state index < -0.39 is 0 Å². The van der Waals surface area contributed by atoms with Crippen LogP contribution in [0.5, 0.6) is 5.75 Å². The molecule has 0 atom stereocenters. The van der Waals surface area contributed by atoms with Gasteiger partial charge in [-0.15, -0.1) is 0 Å². The minimum atomic E-state index is -0.193. The standard InChI is InChI=1S/C27H32N6O2/c1-18-16-22(35-15-5-8-19-6-3-2-4-7-19)13-14-23(18)31-27-32-25-24(28-17-29-25)26(33-27)30-20-9-11-21(34)12-10-20/h2-4,6-7,13-14,16-17,20-21,34H,5,8-12,15H2,1H3,(H3,28,29,30,31,32,33). The van der Waals surface area contributed by atoms with Crippen LogP contribution in [0.3, 0.4) is 0 Å². The van der Waals surface area contributed by atoms with Crippen molar-refractivity contribution in [1.29, 1.82) is 0 Å². The number of anilines is 3. The van der Waals surface area contributed by atoms with Crippen LogP contribution in [0.2, 0.25) is 0 Å². The first-order chi connectivity index (χ1) is 17.1. The van der Waals surface area contributed by atoms with Crippen LogP contribution in [-0.2, 0) is 6.42 Å². The van der Waals surface area contributed by atoms with Crippen molar-refractivity contribution < 1.29 is 9.84 Å². The Morgan fingerprint density at radius 2 is 1.89 bits per heavy atom. The molecule has 1 aliphatic rings. The summed E-state index contributed by atoms with van der Waals surface area (Å²) in [4.78, 5) is 16.8. The molecule has 1 aliphatic carbocycles. The number of aryl methyl sites for hydroxylation is 2. The maximum absolute atomic E-state index is 9.80. The number of ether oxygens (including phenoxy) is 1. The number of imidazole rings is 1. The lowest BCUT2D eigenvalue weighted by atomic mass is 9.93. The first kappa shape index (κ1) is 23.1. The van der Waals surface area contributed by atoms with E-state index in [1.54, 1.807) is 6.33 Å². The summed E-state index contributed by atoms with van der Waals surface area (Å²) >= 11 is 0. The second-order valence-electron chi connectivity index (χ2n) is 9.19. The van der Waals surface area contributed by atoms with E-state index in [2.05, 4.69) is 49.9 Å². The van der Waals surface area contributed by atoms with Gasteiger partial charge in [0, 0.05) is 11.7 Å². The number of fused-ring (bicyclic) bond motifs is 1. The van der Waals surface area contributed by atoms with Crippen LogP contribution in [-0.4, -0.2) is 43.8 Å². The second kappa shape index (κ2) is 10.7. The third kappa shape index (κ3) is 5.89. The third-order valence-electron chi connectivity index (χ3n) is 6.49. The highest BCUT2D eigenvalue weighted by Gasteiger charge is 2.21. The Labute approximate surface area is 205 Å². The minimum absolute atomic E-state index is 0.193. The zero-order chi connectivity index (χ0) is 24.0. The van der Waals surface area contributed by atoms with Crippen molar-refractivity contribution in [3.63, 3.8) is 0 Å². The normalized spacial score (nSPS) is 17.9. The summed E-state index contributed by atoms with van der Waals surface area (Å²) in [6.07, 6.45) is 6.85. The smallest absolute Gasteiger partial charge is 0.231 e. The average molecular weight is 473 g/mol. The Kier molecular flexibility index (Phi) is 7.09. The molecule has 1 saturated carbocycles. The maximum Gasteiger partial charge on any atom is 0.231 e. The van der Waals surface area contributed by atoms with E-state index in [0.29, 0.717) is 18.2 Å². The van der Waals surface area contributed by atoms with E-state index in [1.165, 1.54) is 5.56 Å². The zero-order valence-corrected chi connectivity index (χ0v) is 20.0. The number of rotatable bonds is 9. The molecule has 5 rings (SSSR count). The van der Waals surface area contributed by atoms with Crippen LogP contribution in [0.15, 0.2) is 54.9 Å². The monoisotopic (exact) mass is 472 g/mol. The average Bonchev–Trinajstić information content (AvgIpc) is 3.35. The molecular formula is C27H32N6O2. The molecule has 4 aromatic rings. The fourth-order valence-electron chi connectivity index (χ4n) is 4.50. The summed E-state index contributed by atoms with van der Waals surface area (Å²) in [7, 11) is 0. The van der Waals surface area contributed by atoms with E-state index in [9.17, 15) is 5.11 Å². The van der Waals surface area contributed by atoms with Gasteiger partial charge in [-0.2, -0.15) is 9.97 Å². The summed E-state index contributed by atoms with van der Waals surface area (Å²) in [6, 6.07) is 16.7. The molecule has 35 heavy (non-hydrogen) atoms. The lowest BCUT2D eigenvalue weighted by Crippen LogP contribution is -2.28. The lowest BCUT2D eigenvalue weighted by molar-refractivity contribution is 0.126. The molecule has 0 saturated heterocycles. The van der Waals surface area contributed by atoms with E-state index in [1.807, 2.05) is 31.2 Å². The molecule has 8 nitrogen and oxygen atoms in total. The number of hydrogen-bond acceptors (Lipinski definition) is 7. The highest BCUT2D eigenvalue weighted by molar-refractivity contribution is 5.84. The third-order valence-corrected chi connectivity index (χ3v) is 6.49. The molecule has 0 aliphatic heterocycles. The molecule has 2 heterocycles. The van der Waals surface area contributed by atoms with Crippen molar-refractivity contribution in [2.24, 2.45) is 0 Å². The SMILES string of the molecule is Cc1cc(OCCCc2ccccc2)ccc1Nc1nc(NC2CCC(O)CC2)c2[nH]cnc2n1. The van der Waals surface area contributed by atoms with E-state index >= 15 is 0 Å². The number of nitrogens with zero attached hydrogens (tertiary/aromatic N) is 3. The van der Waals surface area contributed by atoms with Gasteiger partial charge in [0.25, 0.3) is 0 Å². The lowest BCUT2D eigenvalue weighted by Gasteiger charge is -2.26. The number of aromatic amines is 1. The first-order valence-corrected chi connectivity index (χ1v) is 12.3. The van der Waals surface area contributed by atoms with Crippen LogP contribution in [0.1, 0.15) is 43.2 Å². The predicted octanol–water partition coefficient (Wildman–Crippen LogP) is 5.13. The Hall–Kier alpha value is -3.65. The highest BCUT2D eigenvalue weighted by Crippen LogP contribution is 2.28. The molecular weight excluding hydrogens is 440 g/mol. The van der Waals surface area contributed by atoms with Crippen molar-refractivity contribution in [1.82, 2.24) is 19.9 Å². The molecule has 2 aromatic carbocycles. The van der Waals surface area contributed by atoms with E-state index in [-0.39, 0.29) is 12.1 Å². The number of hydrogen-bond donors (Lipinski definition) is 4. The van der Waals surface area contributed by atoms with Crippen molar-refractivity contribution >= 4 is 28.6 Å². The molecule has 0 bridgehead atoms.